The van der Waals surface area contributed by atoms with Crippen LogP contribution in [0.5, 0.6) is 11.5 Å². The highest BCUT2D eigenvalue weighted by molar-refractivity contribution is 5.66. The third-order valence-corrected chi connectivity index (χ3v) is 3.01. The molecular formula is C15H13N3O3. The van der Waals surface area contributed by atoms with Crippen LogP contribution >= 0.6 is 0 Å². The molecular weight excluding hydrogens is 270 g/mol. The van der Waals surface area contributed by atoms with Gasteiger partial charge in [-0.1, -0.05) is 16.8 Å². The summed E-state index contributed by atoms with van der Waals surface area (Å²) in [6, 6.07) is 8.70. The van der Waals surface area contributed by atoms with E-state index in [1.165, 1.54) is 0 Å². The normalized spacial score (nSPS) is 10.6. The van der Waals surface area contributed by atoms with Crippen LogP contribution in [0.4, 0.5) is 0 Å². The summed E-state index contributed by atoms with van der Waals surface area (Å²) in [5.74, 6) is 1.18. The maximum absolute atomic E-state index is 9.90. The van der Waals surface area contributed by atoms with Crippen molar-refractivity contribution in [2.45, 2.75) is 6.92 Å². The first-order valence-corrected chi connectivity index (χ1v) is 6.32. The van der Waals surface area contributed by atoms with Crippen LogP contribution in [0.1, 0.15) is 5.56 Å². The van der Waals surface area contributed by atoms with Crippen LogP contribution in [0.3, 0.4) is 0 Å². The monoisotopic (exact) mass is 283 g/mol. The van der Waals surface area contributed by atoms with E-state index in [2.05, 4.69) is 15.1 Å². The van der Waals surface area contributed by atoms with Crippen LogP contribution in [0, 0.1) is 6.92 Å². The molecule has 1 aromatic carbocycles. The minimum Gasteiger partial charge on any atom is -0.507 e. The Labute approximate surface area is 121 Å². The molecule has 0 aliphatic heterocycles. The second kappa shape index (κ2) is 5.24. The summed E-state index contributed by atoms with van der Waals surface area (Å²) >= 11 is 0. The molecule has 0 aliphatic rings. The van der Waals surface area contributed by atoms with Crippen molar-refractivity contribution >= 4 is 0 Å². The van der Waals surface area contributed by atoms with Crippen molar-refractivity contribution < 1.29 is 14.4 Å². The summed E-state index contributed by atoms with van der Waals surface area (Å²) < 4.78 is 10.4. The topological polar surface area (TPSA) is 81.3 Å². The summed E-state index contributed by atoms with van der Waals surface area (Å²) in [6.45, 7) is 1.92. The summed E-state index contributed by atoms with van der Waals surface area (Å²) in [7, 11) is 1.55. The average molecular weight is 283 g/mol. The van der Waals surface area contributed by atoms with Crippen molar-refractivity contribution in [3.63, 3.8) is 0 Å². The minimum atomic E-state index is 0.0868. The molecule has 0 unspecified atom stereocenters. The van der Waals surface area contributed by atoms with Gasteiger partial charge < -0.3 is 14.4 Å². The molecule has 106 valence electrons. The van der Waals surface area contributed by atoms with E-state index in [4.69, 9.17) is 9.26 Å². The van der Waals surface area contributed by atoms with Crippen LogP contribution < -0.4 is 4.74 Å². The number of nitrogens with zero attached hydrogens (tertiary/aromatic N) is 3. The molecule has 3 aromatic rings. The van der Waals surface area contributed by atoms with Crippen LogP contribution in [0.15, 0.2) is 41.1 Å². The number of methoxy groups -OCH3 is 1. The van der Waals surface area contributed by atoms with Gasteiger partial charge >= 0.3 is 0 Å². The number of phenolic OH excluding ortho intramolecular Hbond substituents is 1. The number of aryl methyl sites for hydroxylation is 1. The van der Waals surface area contributed by atoms with Gasteiger partial charge in [-0.3, -0.25) is 0 Å². The van der Waals surface area contributed by atoms with Gasteiger partial charge in [0.2, 0.25) is 5.82 Å². The van der Waals surface area contributed by atoms with Crippen LogP contribution in [-0.2, 0) is 0 Å². The van der Waals surface area contributed by atoms with Gasteiger partial charge in [-0.25, -0.2) is 4.98 Å². The lowest BCUT2D eigenvalue weighted by Gasteiger charge is -2.02. The van der Waals surface area contributed by atoms with E-state index >= 15 is 0 Å². The largest absolute Gasteiger partial charge is 0.507 e. The van der Waals surface area contributed by atoms with Crippen molar-refractivity contribution in [3.05, 3.63) is 42.1 Å². The fourth-order valence-electron chi connectivity index (χ4n) is 1.97. The lowest BCUT2D eigenvalue weighted by atomic mass is 10.1. The molecule has 6 nitrogen and oxygen atoms in total. The van der Waals surface area contributed by atoms with Crippen LogP contribution in [0.2, 0.25) is 0 Å². The molecule has 0 saturated heterocycles. The molecule has 2 aromatic heterocycles. The second-order valence-corrected chi connectivity index (χ2v) is 4.50. The van der Waals surface area contributed by atoms with Crippen molar-refractivity contribution in [2.24, 2.45) is 0 Å². The molecule has 0 amide bonds. The van der Waals surface area contributed by atoms with Gasteiger partial charge in [-0.05, 0) is 31.2 Å². The third-order valence-electron chi connectivity index (χ3n) is 3.01. The standard InChI is InChI=1S/C15H13N3O3/c1-9-5-6-11(19)10(8-9)15-17-14(18-21-15)13-12(20-2)4-3-7-16-13/h3-8,19H,1-2H3. The van der Waals surface area contributed by atoms with E-state index in [1.54, 1.807) is 43.6 Å². The zero-order valence-corrected chi connectivity index (χ0v) is 11.6. The predicted molar refractivity (Wildman–Crippen MR) is 75.9 cm³/mol. The zero-order valence-electron chi connectivity index (χ0n) is 11.6. The van der Waals surface area contributed by atoms with Gasteiger partial charge in [-0.2, -0.15) is 4.98 Å². The highest BCUT2D eigenvalue weighted by atomic mass is 16.5. The highest BCUT2D eigenvalue weighted by Crippen LogP contribution is 2.31. The van der Waals surface area contributed by atoms with Crippen LogP contribution in [-0.4, -0.2) is 27.3 Å². The molecule has 0 spiro atoms. The summed E-state index contributed by atoms with van der Waals surface area (Å²) in [4.78, 5) is 8.48. The Hall–Kier alpha value is -2.89. The summed E-state index contributed by atoms with van der Waals surface area (Å²) in [6.07, 6.45) is 1.62. The number of benzene rings is 1. The number of pyridine rings is 1. The van der Waals surface area contributed by atoms with Crippen molar-refractivity contribution in [2.75, 3.05) is 7.11 Å². The molecule has 0 atom stereocenters. The lowest BCUT2D eigenvalue weighted by Crippen LogP contribution is -1.92. The maximum Gasteiger partial charge on any atom is 0.262 e. The first-order chi connectivity index (χ1) is 10.2. The van der Waals surface area contributed by atoms with Gasteiger partial charge in [0.1, 0.15) is 11.5 Å². The van der Waals surface area contributed by atoms with Gasteiger partial charge in [0, 0.05) is 6.20 Å². The van der Waals surface area contributed by atoms with E-state index in [0.717, 1.165) is 5.56 Å². The van der Waals surface area contributed by atoms with Gasteiger partial charge in [-0.15, -0.1) is 0 Å². The molecule has 0 bridgehead atoms. The highest BCUT2D eigenvalue weighted by Gasteiger charge is 2.17. The molecule has 3 rings (SSSR count). The molecule has 0 fully saturated rings. The van der Waals surface area contributed by atoms with E-state index < -0.39 is 0 Å². The quantitative estimate of drug-likeness (QED) is 0.796. The number of phenols is 1. The molecule has 0 radical (unpaired) electrons. The molecule has 0 saturated carbocycles. The molecule has 0 aliphatic carbocycles. The zero-order chi connectivity index (χ0) is 14.8. The van der Waals surface area contributed by atoms with E-state index in [0.29, 0.717) is 22.8 Å². The van der Waals surface area contributed by atoms with Gasteiger partial charge in [0.05, 0.1) is 12.7 Å². The first kappa shape index (κ1) is 13.1. The fourth-order valence-corrected chi connectivity index (χ4v) is 1.97. The number of ether oxygens (including phenoxy) is 1. The first-order valence-electron chi connectivity index (χ1n) is 6.32. The fraction of sp³-hybridized carbons (Fsp3) is 0.133. The SMILES string of the molecule is COc1cccnc1-c1noc(-c2cc(C)ccc2O)n1. The molecule has 2 heterocycles. The van der Waals surface area contributed by atoms with Gasteiger partial charge in [0.15, 0.2) is 5.69 Å². The lowest BCUT2D eigenvalue weighted by molar-refractivity contribution is 0.411. The Kier molecular flexibility index (Phi) is 3.27. The van der Waals surface area contributed by atoms with E-state index in [1.807, 2.05) is 6.92 Å². The van der Waals surface area contributed by atoms with E-state index in [-0.39, 0.29) is 11.6 Å². The molecule has 21 heavy (non-hydrogen) atoms. The Balaban J connectivity index is 2.06. The Bertz CT molecular complexity index is 783. The Morgan fingerprint density at radius 2 is 2.10 bits per heavy atom. The predicted octanol–water partition coefficient (Wildman–Crippen LogP) is 2.82. The van der Waals surface area contributed by atoms with Crippen molar-refractivity contribution in [1.82, 2.24) is 15.1 Å². The average Bonchev–Trinajstić information content (AvgIpc) is 2.99. The number of aromatic hydroxyl groups is 1. The number of hydrogen-bond acceptors (Lipinski definition) is 6. The smallest absolute Gasteiger partial charge is 0.262 e. The Morgan fingerprint density at radius 1 is 1.24 bits per heavy atom. The third kappa shape index (κ3) is 2.43. The number of rotatable bonds is 3. The van der Waals surface area contributed by atoms with Crippen molar-refractivity contribution in [1.29, 1.82) is 0 Å². The summed E-state index contributed by atoms with van der Waals surface area (Å²) in [5.41, 5.74) is 1.96. The van der Waals surface area contributed by atoms with E-state index in [9.17, 15) is 5.11 Å². The number of hydrogen-bond donors (Lipinski definition) is 1. The number of aromatic nitrogens is 3. The minimum absolute atomic E-state index is 0.0868. The van der Waals surface area contributed by atoms with Gasteiger partial charge in [0.25, 0.3) is 5.89 Å². The summed E-state index contributed by atoms with van der Waals surface area (Å²) in [5, 5.41) is 13.8. The maximum atomic E-state index is 9.90. The molecule has 6 heteroatoms. The molecule has 1 N–H and O–H groups in total. The van der Waals surface area contributed by atoms with Crippen LogP contribution in [0.25, 0.3) is 23.0 Å². The second-order valence-electron chi connectivity index (χ2n) is 4.50. The Morgan fingerprint density at radius 3 is 2.90 bits per heavy atom. The van der Waals surface area contributed by atoms with Crippen molar-refractivity contribution in [3.8, 4) is 34.5 Å².